The van der Waals surface area contributed by atoms with Gasteiger partial charge in [-0.1, -0.05) is 12.1 Å². The van der Waals surface area contributed by atoms with Crippen LogP contribution in [0.1, 0.15) is 23.2 Å². The molecule has 0 bridgehead atoms. The Morgan fingerprint density at radius 2 is 1.94 bits per heavy atom. The fraction of sp³-hybridized carbons (Fsp3) is 0.429. The number of furan rings is 1. The molecule has 0 spiro atoms. The summed E-state index contributed by atoms with van der Waals surface area (Å²) in [5.41, 5.74) is 0.758. The average molecular weight is 467 g/mol. The molecule has 1 aromatic heterocycles. The Bertz CT molecular complexity index is 840. The minimum Gasteiger partial charge on any atom is -0.464 e. The first kappa shape index (κ1) is 25.1. The van der Waals surface area contributed by atoms with Crippen molar-refractivity contribution < 1.29 is 14.4 Å². The highest BCUT2D eigenvalue weighted by molar-refractivity contribution is 7.98. The Morgan fingerprint density at radius 3 is 2.58 bits per heavy atom. The lowest BCUT2D eigenvalue weighted by atomic mass is 10.1. The number of thioether (sulfide) groups is 2. The van der Waals surface area contributed by atoms with Crippen LogP contribution in [0.3, 0.4) is 0 Å². The smallest absolute Gasteiger partial charge is 0.274 e. The summed E-state index contributed by atoms with van der Waals surface area (Å²) in [5.74, 6) is 3.61. The van der Waals surface area contributed by atoms with E-state index in [0.29, 0.717) is 6.54 Å². The zero-order valence-corrected chi connectivity index (χ0v) is 19.7. The summed E-state index contributed by atoms with van der Waals surface area (Å²) in [6.45, 7) is 1.47. The van der Waals surface area contributed by atoms with E-state index in [4.69, 9.17) is 4.42 Å². The normalized spacial score (nSPS) is 12.7. The number of aliphatic hydroxyl groups is 1. The predicted molar refractivity (Wildman–Crippen MR) is 127 cm³/mol. The molecule has 31 heavy (non-hydrogen) atoms. The monoisotopic (exact) mass is 466 g/mol. The Morgan fingerprint density at radius 1 is 1.23 bits per heavy atom. The number of hydrogen-bond acceptors (Lipinski definition) is 9. The summed E-state index contributed by atoms with van der Waals surface area (Å²) >= 11 is 3.31. The maximum absolute atomic E-state index is 10.9. The Kier molecular flexibility index (Phi) is 10.8. The highest BCUT2D eigenvalue weighted by Crippen LogP contribution is 2.19. The number of nitrogens with one attached hydrogen (secondary N) is 2. The second-order valence-electron chi connectivity index (χ2n) is 7.08. The molecule has 0 amide bonds. The van der Waals surface area contributed by atoms with Crippen molar-refractivity contribution in [2.24, 2.45) is 0 Å². The van der Waals surface area contributed by atoms with Gasteiger partial charge in [0.25, 0.3) is 6.20 Å². The number of nitrogens with zero attached hydrogens (tertiary/aromatic N) is 2. The largest absolute Gasteiger partial charge is 0.464 e. The molecule has 3 N–H and O–H groups in total. The number of aliphatic hydroxyl groups excluding tert-OH is 1. The first-order valence-corrected chi connectivity index (χ1v) is 12.2. The van der Waals surface area contributed by atoms with Gasteiger partial charge < -0.3 is 25.1 Å². The van der Waals surface area contributed by atoms with E-state index in [-0.39, 0.29) is 12.4 Å². The maximum atomic E-state index is 10.9. The predicted octanol–water partition coefficient (Wildman–Crippen LogP) is 3.28. The topological polar surface area (TPSA) is 104 Å². The highest BCUT2D eigenvalue weighted by Gasteiger charge is 2.10. The van der Waals surface area contributed by atoms with Gasteiger partial charge in [-0.15, -0.1) is 11.8 Å². The van der Waals surface area contributed by atoms with E-state index >= 15 is 0 Å². The van der Waals surface area contributed by atoms with Crippen LogP contribution in [0.25, 0.3) is 0 Å². The lowest BCUT2D eigenvalue weighted by Crippen LogP contribution is -2.31. The molecular weight excluding hydrogens is 436 g/mol. The molecule has 8 nitrogen and oxygen atoms in total. The third-order valence-electron chi connectivity index (χ3n) is 4.22. The molecule has 0 fully saturated rings. The lowest BCUT2D eigenvalue weighted by molar-refractivity contribution is -0.404. The van der Waals surface area contributed by atoms with Gasteiger partial charge in [-0.3, -0.25) is 10.1 Å². The fourth-order valence-electron chi connectivity index (χ4n) is 2.74. The van der Waals surface area contributed by atoms with Crippen molar-refractivity contribution in [2.75, 3.05) is 39.2 Å². The van der Waals surface area contributed by atoms with Gasteiger partial charge in [0.05, 0.1) is 23.3 Å². The SMILES string of the molecule is CSc1ccc(C(O)CNC(=C[N+](=O)[O-])NCCSCc2ccc(CN(C)C)o2)cc1. The van der Waals surface area contributed by atoms with Crippen molar-refractivity contribution in [3.8, 4) is 0 Å². The van der Waals surface area contributed by atoms with Gasteiger partial charge in [-0.2, -0.15) is 11.8 Å². The van der Waals surface area contributed by atoms with Crippen molar-refractivity contribution in [1.82, 2.24) is 15.5 Å². The summed E-state index contributed by atoms with van der Waals surface area (Å²) in [6.07, 6.45) is 2.11. The van der Waals surface area contributed by atoms with Crippen LogP contribution >= 0.6 is 23.5 Å². The van der Waals surface area contributed by atoms with E-state index in [2.05, 4.69) is 10.6 Å². The van der Waals surface area contributed by atoms with Gasteiger partial charge in [-0.25, -0.2) is 0 Å². The molecular formula is C21H30N4O4S2. The third kappa shape index (κ3) is 9.69. The maximum Gasteiger partial charge on any atom is 0.274 e. The molecule has 10 heteroatoms. The van der Waals surface area contributed by atoms with Crippen molar-refractivity contribution in [3.05, 3.63) is 75.6 Å². The van der Waals surface area contributed by atoms with Crippen LogP contribution in [0.4, 0.5) is 0 Å². The minimum atomic E-state index is -0.766. The van der Waals surface area contributed by atoms with E-state index in [9.17, 15) is 15.2 Å². The molecule has 170 valence electrons. The first-order chi connectivity index (χ1) is 14.9. The molecule has 0 aliphatic heterocycles. The average Bonchev–Trinajstić information content (AvgIpc) is 3.17. The van der Waals surface area contributed by atoms with E-state index in [1.165, 1.54) is 0 Å². The van der Waals surface area contributed by atoms with E-state index in [1.807, 2.05) is 61.6 Å². The first-order valence-electron chi connectivity index (χ1n) is 9.82. The Balaban J connectivity index is 1.74. The van der Waals surface area contributed by atoms with Gasteiger partial charge in [-0.05, 0) is 50.2 Å². The van der Waals surface area contributed by atoms with E-state index in [1.54, 1.807) is 23.5 Å². The molecule has 0 saturated carbocycles. The van der Waals surface area contributed by atoms with Crippen LogP contribution in [-0.2, 0) is 12.3 Å². The van der Waals surface area contributed by atoms with Gasteiger partial charge in [0.1, 0.15) is 11.5 Å². The van der Waals surface area contributed by atoms with Crippen LogP contribution in [0.5, 0.6) is 0 Å². The highest BCUT2D eigenvalue weighted by atomic mass is 32.2. The fourth-order valence-corrected chi connectivity index (χ4v) is 3.89. The molecule has 1 atom stereocenters. The van der Waals surface area contributed by atoms with Crippen molar-refractivity contribution in [3.63, 3.8) is 0 Å². The summed E-state index contributed by atoms with van der Waals surface area (Å²) in [6, 6.07) is 11.6. The zero-order valence-electron chi connectivity index (χ0n) is 18.0. The number of nitro groups is 1. The van der Waals surface area contributed by atoms with Crippen molar-refractivity contribution >= 4 is 23.5 Å². The van der Waals surface area contributed by atoms with E-state index < -0.39 is 11.0 Å². The zero-order chi connectivity index (χ0) is 22.6. The Labute approximate surface area is 191 Å². The molecule has 0 radical (unpaired) electrons. The molecule has 0 aliphatic carbocycles. The Hall–Kier alpha value is -2.14. The van der Waals surface area contributed by atoms with E-state index in [0.717, 1.165) is 46.2 Å². The molecule has 2 rings (SSSR count). The standard InChI is InChI=1S/C21H30N4O4S2/c1-24(2)13-17-6-7-18(29-17)15-31-11-10-22-21(14-25(27)28)23-12-20(26)16-4-8-19(30-3)9-5-16/h4-9,14,20,22-23,26H,10-13,15H2,1-3H3. The van der Waals surface area contributed by atoms with Gasteiger partial charge in [0.15, 0.2) is 5.82 Å². The van der Waals surface area contributed by atoms with Crippen LogP contribution < -0.4 is 10.6 Å². The van der Waals surface area contributed by atoms with Crippen molar-refractivity contribution in [2.45, 2.75) is 23.3 Å². The third-order valence-corrected chi connectivity index (χ3v) is 5.94. The van der Waals surface area contributed by atoms with Gasteiger partial charge in [0.2, 0.25) is 0 Å². The summed E-state index contributed by atoms with van der Waals surface area (Å²) < 4.78 is 5.77. The number of rotatable bonds is 14. The summed E-state index contributed by atoms with van der Waals surface area (Å²) in [7, 11) is 3.99. The van der Waals surface area contributed by atoms with Crippen LogP contribution in [0, 0.1) is 10.1 Å². The molecule has 1 aromatic carbocycles. The van der Waals surface area contributed by atoms with Crippen LogP contribution in [-0.4, -0.2) is 54.1 Å². The quantitative estimate of drug-likeness (QED) is 0.167. The summed E-state index contributed by atoms with van der Waals surface area (Å²) in [5, 5.41) is 27.2. The molecule has 1 unspecified atom stereocenters. The molecule has 0 saturated heterocycles. The minimum absolute atomic E-state index is 0.166. The summed E-state index contributed by atoms with van der Waals surface area (Å²) in [4.78, 5) is 13.6. The molecule has 2 aromatic rings. The van der Waals surface area contributed by atoms with Crippen LogP contribution in [0.15, 0.2) is 57.7 Å². The van der Waals surface area contributed by atoms with Gasteiger partial charge >= 0.3 is 0 Å². The van der Waals surface area contributed by atoms with Crippen molar-refractivity contribution in [1.29, 1.82) is 0 Å². The number of benzene rings is 1. The second kappa shape index (κ2) is 13.3. The van der Waals surface area contributed by atoms with Gasteiger partial charge in [0, 0.05) is 23.7 Å². The molecule has 1 heterocycles. The second-order valence-corrected chi connectivity index (χ2v) is 9.07. The van der Waals surface area contributed by atoms with Crippen LogP contribution in [0.2, 0.25) is 0 Å². The number of hydrogen-bond donors (Lipinski definition) is 3. The molecule has 0 aliphatic rings. The lowest BCUT2D eigenvalue weighted by Gasteiger charge is -2.15.